The quantitative estimate of drug-likeness (QED) is 0.270. The van der Waals surface area contributed by atoms with Gasteiger partial charge < -0.3 is 9.84 Å². The van der Waals surface area contributed by atoms with E-state index >= 15 is 0 Å². The molecule has 11 unspecified atom stereocenters. The fourth-order valence-electron chi connectivity index (χ4n) is 9.20. The molecule has 4 bridgehead atoms. The van der Waals surface area contributed by atoms with Crippen molar-refractivity contribution in [1.82, 2.24) is 0 Å². The highest BCUT2D eigenvalue weighted by Gasteiger charge is 2.72. The average molecular weight is 581 g/mol. The molecule has 0 aromatic heterocycles. The summed E-state index contributed by atoms with van der Waals surface area (Å²) < 4.78 is 128. The Labute approximate surface area is 222 Å². The van der Waals surface area contributed by atoms with Crippen LogP contribution >= 0.6 is 0 Å². The number of hydrogen-bond acceptors (Lipinski definition) is 3. The first-order valence-electron chi connectivity index (χ1n) is 13.6. The maximum atomic E-state index is 14.2. The number of alkyl halides is 9. The van der Waals surface area contributed by atoms with Gasteiger partial charge in [0, 0.05) is 0 Å². The Morgan fingerprint density at radius 3 is 1.77 bits per heavy atom. The third-order valence-electron chi connectivity index (χ3n) is 10.5. The number of rotatable bonds is 5. The van der Waals surface area contributed by atoms with Gasteiger partial charge in [-0.2, -0.15) is 39.5 Å². The molecule has 12 heteroatoms. The standard InChI is InChI=1S/C27H37F9O3/c1-11-13-7-17(18(8-13)21(25(28,29)30)22(37)39-23(3,4)5)20(11)19-12(2)16-9-14(19)6-15(16)10-24(38,26(31,32)33)27(34,35)36/h11-21,38H,6-10H2,1-5H3. The molecular formula is C27H37F9O3. The summed E-state index contributed by atoms with van der Waals surface area (Å²) in [5.74, 6) is -7.41. The molecule has 4 saturated carbocycles. The van der Waals surface area contributed by atoms with Crippen molar-refractivity contribution in [3.05, 3.63) is 0 Å². The number of hydrogen-bond donors (Lipinski definition) is 1. The number of fused-ring (bicyclic) bond motifs is 4. The van der Waals surface area contributed by atoms with Gasteiger partial charge in [-0.1, -0.05) is 13.8 Å². The van der Waals surface area contributed by atoms with Crippen LogP contribution in [0.25, 0.3) is 0 Å². The summed E-state index contributed by atoms with van der Waals surface area (Å²) >= 11 is 0. The van der Waals surface area contributed by atoms with Gasteiger partial charge in [0.1, 0.15) is 5.60 Å². The van der Waals surface area contributed by atoms with Crippen LogP contribution < -0.4 is 0 Å². The van der Waals surface area contributed by atoms with E-state index in [1.54, 1.807) is 6.92 Å². The van der Waals surface area contributed by atoms with Gasteiger partial charge in [0.05, 0.1) is 0 Å². The van der Waals surface area contributed by atoms with Gasteiger partial charge in [-0.15, -0.1) is 0 Å². The molecule has 0 aromatic rings. The minimum Gasteiger partial charge on any atom is -0.459 e. The van der Waals surface area contributed by atoms with E-state index in [-0.39, 0.29) is 48.3 Å². The normalized spacial score (nSPS) is 39.9. The second kappa shape index (κ2) is 9.41. The van der Waals surface area contributed by atoms with Crippen molar-refractivity contribution in [1.29, 1.82) is 0 Å². The lowest BCUT2D eigenvalue weighted by Gasteiger charge is -2.47. The van der Waals surface area contributed by atoms with Gasteiger partial charge in [0.15, 0.2) is 5.92 Å². The van der Waals surface area contributed by atoms with E-state index in [0.29, 0.717) is 12.8 Å². The third kappa shape index (κ3) is 5.17. The number of aliphatic hydroxyl groups is 1. The number of carbonyl (C=O) groups is 1. The molecule has 4 rings (SSSR count). The molecule has 1 N–H and O–H groups in total. The highest BCUT2D eigenvalue weighted by molar-refractivity contribution is 5.74. The fourth-order valence-corrected chi connectivity index (χ4v) is 9.20. The second-order valence-corrected chi connectivity index (χ2v) is 13.7. The van der Waals surface area contributed by atoms with Gasteiger partial charge in [-0.3, -0.25) is 4.79 Å². The summed E-state index contributed by atoms with van der Waals surface area (Å²) in [6.07, 6.45) is -16.8. The number of carbonyl (C=O) groups excluding carboxylic acids is 1. The Morgan fingerprint density at radius 1 is 0.795 bits per heavy atom. The third-order valence-corrected chi connectivity index (χ3v) is 10.5. The van der Waals surface area contributed by atoms with Gasteiger partial charge >= 0.3 is 24.5 Å². The summed E-state index contributed by atoms with van der Waals surface area (Å²) in [6, 6.07) is 0. The van der Waals surface area contributed by atoms with Crippen molar-refractivity contribution in [2.45, 2.75) is 96.5 Å². The lowest BCUT2D eigenvalue weighted by atomic mass is 9.59. The van der Waals surface area contributed by atoms with E-state index in [9.17, 15) is 49.4 Å². The van der Waals surface area contributed by atoms with Crippen LogP contribution in [0.3, 0.4) is 0 Å². The Balaban J connectivity index is 1.56. The van der Waals surface area contributed by atoms with Crippen LogP contribution in [0.4, 0.5) is 39.5 Å². The number of esters is 1. The summed E-state index contributed by atoms with van der Waals surface area (Å²) in [7, 11) is 0. The SMILES string of the molecule is CC1C2CC(CC2CC(O)(C(F)(F)F)C(F)(F)F)C1C1C(C)C2CC1C(C(C(=O)OC(C)(C)C)C(F)(F)F)C2. The van der Waals surface area contributed by atoms with Crippen LogP contribution in [-0.4, -0.2) is 40.8 Å². The number of ether oxygens (including phenoxy) is 1. The monoisotopic (exact) mass is 580 g/mol. The van der Waals surface area contributed by atoms with E-state index in [2.05, 4.69) is 0 Å². The zero-order valence-electron chi connectivity index (χ0n) is 22.6. The van der Waals surface area contributed by atoms with Gasteiger partial charge in [0.25, 0.3) is 5.60 Å². The van der Waals surface area contributed by atoms with Crippen LogP contribution in [0.1, 0.15) is 66.7 Å². The van der Waals surface area contributed by atoms with Gasteiger partial charge in [-0.25, -0.2) is 0 Å². The molecule has 4 aliphatic rings. The Hall–Kier alpha value is -1.20. The predicted octanol–water partition coefficient (Wildman–Crippen LogP) is 7.57. The van der Waals surface area contributed by atoms with Crippen LogP contribution in [0, 0.1) is 65.1 Å². The molecule has 0 saturated heterocycles. The summed E-state index contributed by atoms with van der Waals surface area (Å²) in [5, 5.41) is 9.77. The van der Waals surface area contributed by atoms with Gasteiger partial charge in [0.2, 0.25) is 0 Å². The molecule has 3 nitrogen and oxygen atoms in total. The molecule has 39 heavy (non-hydrogen) atoms. The lowest BCUT2D eigenvalue weighted by molar-refractivity contribution is -0.373. The van der Waals surface area contributed by atoms with Crippen molar-refractivity contribution < 1.29 is 54.2 Å². The average Bonchev–Trinajstić information content (AvgIpc) is 3.44. The van der Waals surface area contributed by atoms with Crippen molar-refractivity contribution in [3.8, 4) is 0 Å². The Bertz CT molecular complexity index is 919. The van der Waals surface area contributed by atoms with E-state index < -0.39 is 71.7 Å². The Morgan fingerprint density at radius 2 is 1.33 bits per heavy atom. The first kappa shape index (κ1) is 30.8. The van der Waals surface area contributed by atoms with E-state index in [1.165, 1.54) is 20.8 Å². The molecule has 4 fully saturated rings. The molecule has 0 aliphatic heterocycles. The molecular weight excluding hydrogens is 543 g/mol. The second-order valence-electron chi connectivity index (χ2n) is 13.7. The highest BCUT2D eigenvalue weighted by Crippen LogP contribution is 2.68. The zero-order valence-corrected chi connectivity index (χ0v) is 22.6. The molecule has 0 heterocycles. The molecule has 226 valence electrons. The predicted molar refractivity (Wildman–Crippen MR) is 122 cm³/mol. The molecule has 11 atom stereocenters. The van der Waals surface area contributed by atoms with E-state index in [4.69, 9.17) is 4.74 Å². The maximum absolute atomic E-state index is 14.2. The summed E-state index contributed by atoms with van der Waals surface area (Å²) in [5.41, 5.74) is -5.91. The van der Waals surface area contributed by atoms with E-state index in [1.807, 2.05) is 6.92 Å². The van der Waals surface area contributed by atoms with Crippen molar-refractivity contribution in [2.24, 2.45) is 65.1 Å². The van der Waals surface area contributed by atoms with E-state index in [0.717, 1.165) is 0 Å². The van der Waals surface area contributed by atoms with Crippen LogP contribution in [0.2, 0.25) is 0 Å². The summed E-state index contributed by atoms with van der Waals surface area (Å²) in [4.78, 5) is 12.8. The highest BCUT2D eigenvalue weighted by atomic mass is 19.4. The maximum Gasteiger partial charge on any atom is 0.426 e. The largest absolute Gasteiger partial charge is 0.459 e. The minimum absolute atomic E-state index is 0.0336. The Kier molecular flexibility index (Phi) is 7.42. The smallest absolute Gasteiger partial charge is 0.426 e. The van der Waals surface area contributed by atoms with Crippen LogP contribution in [-0.2, 0) is 9.53 Å². The first-order chi connectivity index (χ1) is 17.5. The molecule has 0 spiro atoms. The lowest BCUT2D eigenvalue weighted by Crippen LogP contribution is -2.58. The van der Waals surface area contributed by atoms with Crippen molar-refractivity contribution in [2.75, 3.05) is 0 Å². The molecule has 0 radical (unpaired) electrons. The minimum atomic E-state index is -5.88. The van der Waals surface area contributed by atoms with Crippen molar-refractivity contribution in [3.63, 3.8) is 0 Å². The first-order valence-corrected chi connectivity index (χ1v) is 13.6. The van der Waals surface area contributed by atoms with Crippen LogP contribution in [0.15, 0.2) is 0 Å². The fraction of sp³-hybridized carbons (Fsp3) is 0.963. The van der Waals surface area contributed by atoms with Crippen LogP contribution in [0.5, 0.6) is 0 Å². The molecule has 4 aliphatic carbocycles. The molecule has 0 amide bonds. The summed E-state index contributed by atoms with van der Waals surface area (Å²) in [6.45, 7) is 8.22. The number of halogens is 9. The topological polar surface area (TPSA) is 46.5 Å². The van der Waals surface area contributed by atoms with Gasteiger partial charge in [-0.05, 0) is 112 Å². The molecule has 0 aromatic carbocycles. The zero-order chi connectivity index (χ0) is 29.7. The van der Waals surface area contributed by atoms with Crippen molar-refractivity contribution >= 4 is 5.97 Å².